The number of nitrogens with one attached hydrogen (secondary N) is 2. The number of benzene rings is 2. The highest BCUT2D eigenvalue weighted by Gasteiger charge is 2.21. The summed E-state index contributed by atoms with van der Waals surface area (Å²) in [5.74, 6) is 0.171. The number of rotatable bonds is 4. The summed E-state index contributed by atoms with van der Waals surface area (Å²) in [5.41, 5.74) is 1.97. The van der Waals surface area contributed by atoms with Gasteiger partial charge in [0.05, 0.1) is 5.69 Å². The van der Waals surface area contributed by atoms with Gasteiger partial charge in [-0.05, 0) is 36.4 Å². The highest BCUT2D eigenvalue weighted by Crippen LogP contribution is 2.24. The van der Waals surface area contributed by atoms with Gasteiger partial charge in [0.2, 0.25) is 5.91 Å². The zero-order valence-corrected chi connectivity index (χ0v) is 15.5. The van der Waals surface area contributed by atoms with Gasteiger partial charge in [-0.25, -0.2) is 14.4 Å². The lowest BCUT2D eigenvalue weighted by atomic mass is 9.95. The summed E-state index contributed by atoms with van der Waals surface area (Å²) in [5, 5.41) is 6.03. The predicted octanol–water partition coefficient (Wildman–Crippen LogP) is 5.01. The normalized spacial score (nSPS) is 11.1. The van der Waals surface area contributed by atoms with Crippen LogP contribution < -0.4 is 10.6 Å². The Morgan fingerprint density at radius 3 is 2.30 bits per heavy atom. The average Bonchev–Trinajstić information content (AvgIpc) is 2.63. The van der Waals surface area contributed by atoms with E-state index in [1.54, 1.807) is 24.3 Å². The minimum absolute atomic E-state index is 0.0476. The van der Waals surface area contributed by atoms with E-state index in [1.165, 1.54) is 12.4 Å². The number of nitrogens with zero attached hydrogens (tertiary/aromatic N) is 2. The fourth-order valence-electron chi connectivity index (χ4n) is 2.35. The summed E-state index contributed by atoms with van der Waals surface area (Å²) in [6.45, 7) is 5.58. The van der Waals surface area contributed by atoms with Crippen molar-refractivity contribution in [1.29, 1.82) is 0 Å². The highest BCUT2D eigenvalue weighted by atomic mass is 19.1. The molecule has 0 unspecified atom stereocenters. The van der Waals surface area contributed by atoms with Crippen molar-refractivity contribution in [3.8, 4) is 11.3 Å². The molecule has 0 aliphatic carbocycles. The minimum Gasteiger partial charge on any atom is -0.340 e. The summed E-state index contributed by atoms with van der Waals surface area (Å²) in [4.78, 5) is 20.4. The lowest BCUT2D eigenvalue weighted by Crippen LogP contribution is -2.27. The van der Waals surface area contributed by atoms with Crippen molar-refractivity contribution < 1.29 is 9.18 Å². The second-order valence-electron chi connectivity index (χ2n) is 7.17. The molecule has 138 valence electrons. The molecule has 27 heavy (non-hydrogen) atoms. The molecule has 3 rings (SSSR count). The molecule has 0 atom stereocenters. The smallest absolute Gasteiger partial charge is 0.229 e. The van der Waals surface area contributed by atoms with E-state index in [9.17, 15) is 9.18 Å². The predicted molar refractivity (Wildman–Crippen MR) is 105 cm³/mol. The molecule has 5 nitrogen and oxygen atoms in total. The van der Waals surface area contributed by atoms with Crippen LogP contribution in [0.2, 0.25) is 0 Å². The van der Waals surface area contributed by atoms with Gasteiger partial charge in [-0.2, -0.15) is 0 Å². The Labute approximate surface area is 157 Å². The Bertz CT molecular complexity index is 949. The van der Waals surface area contributed by atoms with Gasteiger partial charge in [-0.15, -0.1) is 0 Å². The van der Waals surface area contributed by atoms with Crippen molar-refractivity contribution in [2.45, 2.75) is 20.8 Å². The topological polar surface area (TPSA) is 66.9 Å². The maximum atomic E-state index is 14.0. The number of carbonyl (C=O) groups is 1. The summed E-state index contributed by atoms with van der Waals surface area (Å²) < 4.78 is 14.0. The highest BCUT2D eigenvalue weighted by molar-refractivity contribution is 5.94. The van der Waals surface area contributed by atoms with Crippen LogP contribution >= 0.6 is 0 Å². The number of hydrogen-bond donors (Lipinski definition) is 2. The van der Waals surface area contributed by atoms with Crippen molar-refractivity contribution >= 4 is 23.1 Å². The molecule has 0 radical (unpaired) electrons. The first-order chi connectivity index (χ1) is 12.8. The number of anilines is 3. The van der Waals surface area contributed by atoms with E-state index in [2.05, 4.69) is 20.6 Å². The fourth-order valence-corrected chi connectivity index (χ4v) is 2.35. The van der Waals surface area contributed by atoms with E-state index in [0.717, 1.165) is 11.4 Å². The third-order valence-corrected chi connectivity index (χ3v) is 3.91. The molecular weight excluding hydrogens is 343 g/mol. The van der Waals surface area contributed by atoms with Crippen molar-refractivity contribution in [3.05, 3.63) is 66.7 Å². The van der Waals surface area contributed by atoms with Gasteiger partial charge < -0.3 is 10.6 Å². The molecule has 1 heterocycles. The summed E-state index contributed by atoms with van der Waals surface area (Å²) >= 11 is 0. The van der Waals surface area contributed by atoms with Crippen molar-refractivity contribution in [2.75, 3.05) is 10.6 Å². The van der Waals surface area contributed by atoms with Gasteiger partial charge in [0.1, 0.15) is 18.0 Å². The molecule has 0 saturated heterocycles. The zero-order valence-electron chi connectivity index (χ0n) is 15.5. The third kappa shape index (κ3) is 4.67. The zero-order chi connectivity index (χ0) is 19.4. The van der Waals surface area contributed by atoms with E-state index in [0.29, 0.717) is 17.1 Å². The van der Waals surface area contributed by atoms with Crippen LogP contribution in [0.3, 0.4) is 0 Å². The summed E-state index contributed by atoms with van der Waals surface area (Å²) in [6.07, 6.45) is 1.39. The fraction of sp³-hybridized carbons (Fsp3) is 0.190. The Morgan fingerprint density at radius 2 is 1.63 bits per heavy atom. The monoisotopic (exact) mass is 364 g/mol. The van der Waals surface area contributed by atoms with Crippen molar-refractivity contribution in [1.82, 2.24) is 9.97 Å². The molecule has 2 aromatic carbocycles. The lowest BCUT2D eigenvalue weighted by Gasteiger charge is -2.17. The molecule has 2 N–H and O–H groups in total. The maximum absolute atomic E-state index is 14.0. The Balaban J connectivity index is 1.74. The standard InChI is InChI=1S/C21H21FN4O/c1-21(2,3)20(27)26-15-10-8-14(9-11-15)25-19-12-18(23-13-24-19)16-6-4-5-7-17(16)22/h4-13H,1-3H3,(H,26,27)(H,23,24,25). The molecule has 3 aromatic rings. The Morgan fingerprint density at radius 1 is 0.963 bits per heavy atom. The SMILES string of the molecule is CC(C)(C)C(=O)Nc1ccc(Nc2cc(-c3ccccc3F)ncn2)cc1. The van der Waals surface area contributed by atoms with Crippen LogP contribution in [0.25, 0.3) is 11.3 Å². The first kappa shape index (κ1) is 18.5. The van der Waals surface area contributed by atoms with Gasteiger partial charge in [0.25, 0.3) is 0 Å². The maximum Gasteiger partial charge on any atom is 0.229 e. The number of aromatic nitrogens is 2. The summed E-state index contributed by atoms with van der Waals surface area (Å²) in [6, 6.07) is 15.5. The molecule has 6 heteroatoms. The Hall–Kier alpha value is -3.28. The molecular formula is C21H21FN4O. The first-order valence-corrected chi connectivity index (χ1v) is 8.58. The number of amides is 1. The number of carbonyl (C=O) groups excluding carboxylic acids is 1. The van der Waals surface area contributed by atoms with E-state index < -0.39 is 5.41 Å². The third-order valence-electron chi connectivity index (χ3n) is 3.91. The van der Waals surface area contributed by atoms with E-state index in [4.69, 9.17) is 0 Å². The van der Waals surface area contributed by atoms with E-state index >= 15 is 0 Å². The lowest BCUT2D eigenvalue weighted by molar-refractivity contribution is -0.123. The quantitative estimate of drug-likeness (QED) is 0.683. The average molecular weight is 364 g/mol. The van der Waals surface area contributed by atoms with Gasteiger partial charge in [-0.1, -0.05) is 32.9 Å². The van der Waals surface area contributed by atoms with Crippen LogP contribution in [-0.4, -0.2) is 15.9 Å². The van der Waals surface area contributed by atoms with Crippen LogP contribution in [0, 0.1) is 11.2 Å². The minimum atomic E-state index is -0.457. The molecule has 1 aromatic heterocycles. The molecule has 0 aliphatic rings. The van der Waals surface area contributed by atoms with Crippen LogP contribution in [0.15, 0.2) is 60.9 Å². The van der Waals surface area contributed by atoms with Crippen LogP contribution in [0.5, 0.6) is 0 Å². The largest absolute Gasteiger partial charge is 0.340 e. The number of hydrogen-bond acceptors (Lipinski definition) is 4. The van der Waals surface area contributed by atoms with Crippen LogP contribution in [0.1, 0.15) is 20.8 Å². The first-order valence-electron chi connectivity index (χ1n) is 8.58. The van der Waals surface area contributed by atoms with E-state index in [-0.39, 0.29) is 11.7 Å². The van der Waals surface area contributed by atoms with Gasteiger partial charge in [-0.3, -0.25) is 4.79 Å². The van der Waals surface area contributed by atoms with Gasteiger partial charge >= 0.3 is 0 Å². The van der Waals surface area contributed by atoms with E-state index in [1.807, 2.05) is 45.0 Å². The molecule has 0 aliphatic heterocycles. The molecule has 0 spiro atoms. The molecule has 0 saturated carbocycles. The Kier molecular flexibility index (Phi) is 5.16. The van der Waals surface area contributed by atoms with Crippen molar-refractivity contribution in [3.63, 3.8) is 0 Å². The molecule has 0 fully saturated rings. The van der Waals surface area contributed by atoms with Crippen LogP contribution in [-0.2, 0) is 4.79 Å². The number of halogens is 1. The van der Waals surface area contributed by atoms with Crippen LogP contribution in [0.4, 0.5) is 21.6 Å². The van der Waals surface area contributed by atoms with Gasteiger partial charge in [0.15, 0.2) is 0 Å². The molecule has 0 bridgehead atoms. The van der Waals surface area contributed by atoms with Crippen molar-refractivity contribution in [2.24, 2.45) is 5.41 Å². The van der Waals surface area contributed by atoms with Gasteiger partial charge in [0, 0.05) is 28.4 Å². The molecule has 1 amide bonds. The second kappa shape index (κ2) is 7.53. The second-order valence-corrected chi connectivity index (χ2v) is 7.17. The summed E-state index contributed by atoms with van der Waals surface area (Å²) in [7, 11) is 0.